The normalized spacial score (nSPS) is 10.3. The monoisotopic (exact) mass is 220 g/mol. The number of aromatic amines is 1. The molecule has 76 valence electrons. The van der Waals surface area contributed by atoms with Gasteiger partial charge in [0.2, 0.25) is 0 Å². The Morgan fingerprint density at radius 3 is 2.73 bits per heavy atom. The summed E-state index contributed by atoms with van der Waals surface area (Å²) in [4.78, 5) is 6.81. The smallest absolute Gasteiger partial charge is 0.130 e. The van der Waals surface area contributed by atoms with Gasteiger partial charge in [-0.2, -0.15) is 0 Å². The highest BCUT2D eigenvalue weighted by atomic mass is 32.1. The molecule has 1 aromatic carbocycles. The molecule has 0 saturated heterocycles. The second kappa shape index (κ2) is 3.90. The Balaban J connectivity index is 2.58. The number of hydrogen-bond donors (Lipinski definition) is 1. The summed E-state index contributed by atoms with van der Waals surface area (Å²) in [5.74, 6) is -0.249. The average molecular weight is 220 g/mol. The van der Waals surface area contributed by atoms with Crippen LogP contribution in [0, 0.1) is 17.4 Å². The number of halogens is 1. The van der Waals surface area contributed by atoms with E-state index < -0.39 is 0 Å². The number of hydrogen-bond acceptors (Lipinski definition) is 2. The van der Waals surface area contributed by atoms with Crippen molar-refractivity contribution in [1.82, 2.24) is 9.97 Å². The molecule has 0 aliphatic carbocycles. The minimum Gasteiger partial charge on any atom is -0.346 e. The average Bonchev–Trinajstić information content (AvgIpc) is 2.16. The van der Waals surface area contributed by atoms with E-state index in [1.54, 1.807) is 6.07 Å². The summed E-state index contributed by atoms with van der Waals surface area (Å²) in [6.45, 7) is 1.85. The molecule has 2 aromatic rings. The van der Waals surface area contributed by atoms with E-state index in [4.69, 9.17) is 12.2 Å². The van der Waals surface area contributed by atoms with Gasteiger partial charge >= 0.3 is 0 Å². The van der Waals surface area contributed by atoms with Gasteiger partial charge < -0.3 is 4.98 Å². The van der Waals surface area contributed by atoms with Crippen molar-refractivity contribution in [2.24, 2.45) is 0 Å². The highest BCUT2D eigenvalue weighted by Crippen LogP contribution is 2.19. The minimum absolute atomic E-state index is 0.249. The van der Waals surface area contributed by atoms with Crippen molar-refractivity contribution in [3.05, 3.63) is 46.6 Å². The van der Waals surface area contributed by atoms with Crippen LogP contribution >= 0.6 is 12.2 Å². The largest absolute Gasteiger partial charge is 0.346 e. The molecule has 0 radical (unpaired) electrons. The zero-order valence-corrected chi connectivity index (χ0v) is 8.94. The van der Waals surface area contributed by atoms with E-state index in [9.17, 15) is 4.39 Å². The Bertz CT molecular complexity index is 528. The first-order chi connectivity index (χ1) is 7.15. The zero-order chi connectivity index (χ0) is 10.8. The van der Waals surface area contributed by atoms with Gasteiger partial charge in [-0.3, -0.25) is 0 Å². The Morgan fingerprint density at radius 2 is 2.07 bits per heavy atom. The summed E-state index contributed by atoms with van der Waals surface area (Å²) in [6.07, 6.45) is 1.51. The van der Waals surface area contributed by atoms with Gasteiger partial charge in [0.05, 0.1) is 6.33 Å². The molecule has 15 heavy (non-hydrogen) atoms. The maximum absolute atomic E-state index is 13.2. The van der Waals surface area contributed by atoms with E-state index >= 15 is 0 Å². The van der Waals surface area contributed by atoms with Crippen molar-refractivity contribution in [2.75, 3.05) is 0 Å². The molecule has 0 amide bonds. The fourth-order valence-electron chi connectivity index (χ4n) is 1.43. The molecular formula is C11H9FN2S. The Labute approximate surface area is 91.8 Å². The third-order valence-corrected chi connectivity index (χ3v) is 2.26. The predicted octanol–water partition coefficient (Wildman–Crippen LogP) is 3.25. The van der Waals surface area contributed by atoms with E-state index in [1.807, 2.05) is 13.0 Å². The third kappa shape index (κ3) is 2.27. The van der Waals surface area contributed by atoms with Crippen LogP contribution in [-0.2, 0) is 0 Å². The van der Waals surface area contributed by atoms with E-state index in [2.05, 4.69) is 9.97 Å². The van der Waals surface area contributed by atoms with Crippen molar-refractivity contribution >= 4 is 12.2 Å². The molecule has 1 N–H and O–H groups in total. The van der Waals surface area contributed by atoms with Crippen LogP contribution in [0.3, 0.4) is 0 Å². The fourth-order valence-corrected chi connectivity index (χ4v) is 1.60. The Morgan fingerprint density at radius 1 is 1.27 bits per heavy atom. The lowest BCUT2D eigenvalue weighted by Crippen LogP contribution is -1.87. The maximum atomic E-state index is 13.2. The van der Waals surface area contributed by atoms with Crippen LogP contribution in [0.1, 0.15) is 5.56 Å². The first-order valence-electron chi connectivity index (χ1n) is 4.47. The van der Waals surface area contributed by atoms with Gasteiger partial charge in [-0.25, -0.2) is 9.37 Å². The zero-order valence-electron chi connectivity index (χ0n) is 8.12. The van der Waals surface area contributed by atoms with E-state index in [0.717, 1.165) is 16.8 Å². The maximum Gasteiger partial charge on any atom is 0.130 e. The molecule has 2 rings (SSSR count). The summed E-state index contributed by atoms with van der Waals surface area (Å²) in [7, 11) is 0. The summed E-state index contributed by atoms with van der Waals surface area (Å²) >= 11 is 4.94. The van der Waals surface area contributed by atoms with Crippen LogP contribution in [0.15, 0.2) is 30.6 Å². The first kappa shape index (κ1) is 9.98. The number of H-pyrrole nitrogens is 1. The highest BCUT2D eigenvalue weighted by molar-refractivity contribution is 7.71. The second-order valence-corrected chi connectivity index (χ2v) is 3.73. The van der Waals surface area contributed by atoms with Crippen molar-refractivity contribution < 1.29 is 4.39 Å². The minimum atomic E-state index is -0.249. The quantitative estimate of drug-likeness (QED) is 0.747. The summed E-state index contributed by atoms with van der Waals surface area (Å²) in [5, 5.41) is 0. The van der Waals surface area contributed by atoms with Crippen molar-refractivity contribution in [1.29, 1.82) is 0 Å². The molecule has 4 heteroatoms. The summed E-state index contributed by atoms with van der Waals surface area (Å²) < 4.78 is 13.7. The summed E-state index contributed by atoms with van der Waals surface area (Å²) in [6, 6.07) is 6.56. The van der Waals surface area contributed by atoms with Crippen molar-refractivity contribution in [3.63, 3.8) is 0 Å². The first-order valence-corrected chi connectivity index (χ1v) is 4.88. The van der Waals surface area contributed by atoms with Crippen LogP contribution < -0.4 is 0 Å². The SMILES string of the molecule is Cc1cc(F)cc(-c2cc(=S)nc[nH]2)c1. The van der Waals surface area contributed by atoms with E-state index in [1.165, 1.54) is 18.5 Å². The van der Waals surface area contributed by atoms with Gasteiger partial charge in [0.15, 0.2) is 0 Å². The number of rotatable bonds is 1. The van der Waals surface area contributed by atoms with E-state index in [-0.39, 0.29) is 5.82 Å². The van der Waals surface area contributed by atoms with Crippen LogP contribution in [0.4, 0.5) is 4.39 Å². The molecule has 2 nitrogen and oxygen atoms in total. The van der Waals surface area contributed by atoms with Crippen molar-refractivity contribution in [2.45, 2.75) is 6.92 Å². The van der Waals surface area contributed by atoms with Crippen LogP contribution in [0.5, 0.6) is 0 Å². The molecule has 0 aliphatic heterocycles. The summed E-state index contributed by atoms with van der Waals surface area (Å²) in [5.41, 5.74) is 2.43. The van der Waals surface area contributed by atoms with Gasteiger partial charge in [-0.15, -0.1) is 0 Å². The molecule has 0 bridgehead atoms. The molecule has 0 saturated carbocycles. The van der Waals surface area contributed by atoms with Gasteiger partial charge in [-0.05, 0) is 36.8 Å². The number of nitrogens with zero attached hydrogens (tertiary/aromatic N) is 1. The van der Waals surface area contributed by atoms with Crippen LogP contribution in [0.2, 0.25) is 0 Å². The van der Waals surface area contributed by atoms with Crippen molar-refractivity contribution in [3.8, 4) is 11.3 Å². The number of benzene rings is 1. The fraction of sp³-hybridized carbons (Fsp3) is 0.0909. The van der Waals surface area contributed by atoms with Gasteiger partial charge in [0, 0.05) is 11.3 Å². The molecule has 0 unspecified atom stereocenters. The van der Waals surface area contributed by atoms with Gasteiger partial charge in [0.25, 0.3) is 0 Å². The van der Waals surface area contributed by atoms with Crippen LogP contribution in [-0.4, -0.2) is 9.97 Å². The molecule has 0 aliphatic rings. The molecule has 0 fully saturated rings. The topological polar surface area (TPSA) is 28.7 Å². The van der Waals surface area contributed by atoms with Gasteiger partial charge in [-0.1, -0.05) is 12.2 Å². The van der Waals surface area contributed by atoms with Gasteiger partial charge in [0.1, 0.15) is 10.5 Å². The molecular weight excluding hydrogens is 211 g/mol. The molecule has 1 heterocycles. The molecule has 1 aromatic heterocycles. The van der Waals surface area contributed by atoms with Crippen LogP contribution in [0.25, 0.3) is 11.3 Å². The number of aromatic nitrogens is 2. The Kier molecular flexibility index (Phi) is 2.60. The van der Waals surface area contributed by atoms with E-state index in [0.29, 0.717) is 4.64 Å². The molecule has 0 atom stereocenters. The third-order valence-electron chi connectivity index (χ3n) is 2.03. The predicted molar refractivity (Wildman–Crippen MR) is 59.6 cm³/mol. The molecule has 0 spiro atoms. The lowest BCUT2D eigenvalue weighted by Gasteiger charge is -2.03. The highest BCUT2D eigenvalue weighted by Gasteiger charge is 2.01. The lowest BCUT2D eigenvalue weighted by molar-refractivity contribution is 0.627. The number of aryl methyl sites for hydroxylation is 1. The Hall–Kier alpha value is -1.55. The standard InChI is InChI=1S/C11H9FN2S/c1-7-2-8(4-9(12)3-7)10-5-11(15)14-6-13-10/h2-6H,1H3,(H,13,14,15). The number of nitrogens with one attached hydrogen (secondary N) is 1. The lowest BCUT2D eigenvalue weighted by atomic mass is 10.1. The second-order valence-electron chi connectivity index (χ2n) is 3.32.